The molecule has 18 heavy (non-hydrogen) atoms. The van der Waals surface area contributed by atoms with E-state index < -0.39 is 10.8 Å². The molecular weight excluding hydrogens is 366 g/mol. The molecule has 94 valence electrons. The summed E-state index contributed by atoms with van der Waals surface area (Å²) in [6.07, 6.45) is 1.37. The van der Waals surface area contributed by atoms with Crippen LogP contribution < -0.4 is 0 Å². The molecule has 4 nitrogen and oxygen atoms in total. The van der Waals surface area contributed by atoms with Crippen molar-refractivity contribution in [2.24, 2.45) is 0 Å². The van der Waals surface area contributed by atoms with Gasteiger partial charge in [-0.3, -0.25) is 9.59 Å². The lowest BCUT2D eigenvalue weighted by atomic mass is 10.1. The average Bonchev–Trinajstić information content (AvgIpc) is 2.69. The Hall–Kier alpha value is -1.14. The number of hydrogen-bond acceptors (Lipinski definition) is 2. The van der Waals surface area contributed by atoms with Crippen LogP contribution in [0.2, 0.25) is 0 Å². The lowest BCUT2D eigenvalue weighted by Gasteiger charge is -2.04. The van der Waals surface area contributed by atoms with Gasteiger partial charge in [-0.05, 0) is 18.2 Å². The van der Waals surface area contributed by atoms with Gasteiger partial charge in [-0.15, -0.1) is 0 Å². The molecule has 2 N–H and O–H groups in total. The fourth-order valence-electron chi connectivity index (χ4n) is 1.71. The van der Waals surface area contributed by atoms with Crippen LogP contribution in [0.4, 0.5) is 0 Å². The molecule has 0 saturated heterocycles. The Labute approximate surface area is 120 Å². The lowest BCUT2D eigenvalue weighted by Crippen LogP contribution is -2.17. The van der Waals surface area contributed by atoms with Crippen LogP contribution in [0.15, 0.2) is 28.9 Å². The Morgan fingerprint density at radius 1 is 1.39 bits per heavy atom. The van der Waals surface area contributed by atoms with E-state index in [1.165, 1.54) is 0 Å². The van der Waals surface area contributed by atoms with Crippen LogP contribution in [-0.4, -0.2) is 26.7 Å². The second-order valence-corrected chi connectivity index (χ2v) is 5.84. The topological polar surface area (TPSA) is 70.2 Å². The van der Waals surface area contributed by atoms with E-state index in [0.29, 0.717) is 5.56 Å². The summed E-state index contributed by atoms with van der Waals surface area (Å²) in [5.74, 6) is -1.24. The largest absolute Gasteiger partial charge is 0.481 e. The Kier molecular flexibility index (Phi) is 3.87. The summed E-state index contributed by atoms with van der Waals surface area (Å²) in [7, 11) is 0. The van der Waals surface area contributed by atoms with Crippen LogP contribution in [-0.2, 0) is 4.79 Å². The zero-order chi connectivity index (χ0) is 13.3. The number of rotatable bonds is 4. The minimum absolute atomic E-state index is 0.234. The molecule has 1 heterocycles. The molecule has 0 aliphatic heterocycles. The van der Waals surface area contributed by atoms with Crippen molar-refractivity contribution in [3.63, 3.8) is 0 Å². The normalized spacial score (nSPS) is 12.6. The van der Waals surface area contributed by atoms with Gasteiger partial charge in [0.15, 0.2) is 5.78 Å². The Balaban J connectivity index is 2.38. The molecule has 6 heteroatoms. The zero-order valence-corrected chi connectivity index (χ0v) is 12.3. The van der Waals surface area contributed by atoms with Gasteiger partial charge < -0.3 is 10.1 Å². The third-order valence-electron chi connectivity index (χ3n) is 2.55. The van der Waals surface area contributed by atoms with Gasteiger partial charge in [-0.2, -0.15) is 0 Å². The number of nitrogens with one attached hydrogen (secondary N) is 1. The van der Waals surface area contributed by atoms with E-state index in [1.54, 1.807) is 6.20 Å². The molecule has 1 aromatic carbocycles. The number of alkyl halides is 1. The number of hydrogen-bond donors (Lipinski definition) is 2. The monoisotopic (exact) mass is 373 g/mol. The summed E-state index contributed by atoms with van der Waals surface area (Å²) in [6, 6.07) is 5.56. The van der Waals surface area contributed by atoms with E-state index in [4.69, 9.17) is 5.11 Å². The van der Waals surface area contributed by atoms with Crippen molar-refractivity contribution in [3.8, 4) is 0 Å². The number of aromatic amines is 1. The van der Waals surface area contributed by atoms with Crippen LogP contribution in [0.5, 0.6) is 0 Å². The fraction of sp³-hybridized carbons (Fsp3) is 0.167. The molecule has 0 aliphatic carbocycles. The van der Waals surface area contributed by atoms with Gasteiger partial charge in [0.1, 0.15) is 0 Å². The van der Waals surface area contributed by atoms with E-state index in [1.807, 2.05) is 18.2 Å². The highest BCUT2D eigenvalue weighted by Gasteiger charge is 2.22. The summed E-state index contributed by atoms with van der Waals surface area (Å²) in [4.78, 5) is 25.0. The van der Waals surface area contributed by atoms with Gasteiger partial charge in [-0.1, -0.05) is 31.9 Å². The molecule has 1 unspecified atom stereocenters. The predicted molar refractivity (Wildman–Crippen MR) is 75.3 cm³/mol. The molecule has 0 radical (unpaired) electrons. The number of carboxylic acids is 1. The number of aliphatic carboxylic acids is 1. The van der Waals surface area contributed by atoms with Crippen molar-refractivity contribution < 1.29 is 14.7 Å². The summed E-state index contributed by atoms with van der Waals surface area (Å²) in [6.45, 7) is 0. The third-order valence-corrected chi connectivity index (χ3v) is 3.78. The van der Waals surface area contributed by atoms with Crippen molar-refractivity contribution in [2.45, 2.75) is 11.2 Å². The number of carbonyl (C=O) groups excluding carboxylic acids is 1. The third kappa shape index (κ3) is 2.64. The predicted octanol–water partition coefficient (Wildman–Crippen LogP) is 3.35. The van der Waals surface area contributed by atoms with E-state index in [0.717, 1.165) is 15.4 Å². The lowest BCUT2D eigenvalue weighted by molar-refractivity contribution is -0.136. The first-order chi connectivity index (χ1) is 8.49. The van der Waals surface area contributed by atoms with Crippen LogP contribution in [0.1, 0.15) is 16.8 Å². The number of aromatic nitrogens is 1. The van der Waals surface area contributed by atoms with E-state index in [-0.39, 0.29) is 12.2 Å². The minimum atomic E-state index is -1.01. The fourth-order valence-corrected chi connectivity index (χ4v) is 2.60. The van der Waals surface area contributed by atoms with Crippen molar-refractivity contribution in [3.05, 3.63) is 34.4 Å². The molecule has 2 aromatic rings. The van der Waals surface area contributed by atoms with E-state index in [9.17, 15) is 9.59 Å². The molecule has 0 bridgehead atoms. The first-order valence-electron chi connectivity index (χ1n) is 5.15. The molecule has 0 fully saturated rings. The van der Waals surface area contributed by atoms with Crippen LogP contribution in [0.25, 0.3) is 10.9 Å². The molecule has 1 atom stereocenters. The van der Waals surface area contributed by atoms with Crippen molar-refractivity contribution >= 4 is 54.5 Å². The highest BCUT2D eigenvalue weighted by atomic mass is 79.9. The molecule has 0 spiro atoms. The maximum absolute atomic E-state index is 12.1. The second kappa shape index (κ2) is 5.24. The summed E-state index contributed by atoms with van der Waals surface area (Å²) >= 11 is 6.46. The molecule has 0 amide bonds. The summed E-state index contributed by atoms with van der Waals surface area (Å²) in [5, 5.41) is 9.47. The number of fused-ring (bicyclic) bond motifs is 1. The molecular formula is C12H9Br2NO3. The van der Waals surface area contributed by atoms with Gasteiger partial charge >= 0.3 is 5.97 Å². The maximum atomic E-state index is 12.1. The number of halogens is 2. The van der Waals surface area contributed by atoms with Crippen molar-refractivity contribution in [2.75, 3.05) is 0 Å². The smallest absolute Gasteiger partial charge is 0.304 e. The van der Waals surface area contributed by atoms with Gasteiger partial charge in [0.25, 0.3) is 0 Å². The van der Waals surface area contributed by atoms with Gasteiger partial charge in [0.05, 0.1) is 11.2 Å². The maximum Gasteiger partial charge on any atom is 0.304 e. The van der Waals surface area contributed by atoms with Crippen LogP contribution in [0, 0.1) is 0 Å². The number of H-pyrrole nitrogens is 1. The number of Topliss-reactive ketones (excluding diaryl/α,β-unsaturated/α-hetero) is 1. The molecule has 0 saturated carbocycles. The average molecular weight is 375 g/mol. The zero-order valence-electron chi connectivity index (χ0n) is 9.11. The van der Waals surface area contributed by atoms with Gasteiger partial charge in [0.2, 0.25) is 0 Å². The standard InChI is InChI=1S/C12H9Br2NO3/c13-6-1-2-10-7(3-6)8(5-15-10)12(18)9(14)4-11(16)17/h1-3,5,9,15H,4H2,(H,16,17). The Bertz CT molecular complexity index is 621. The highest BCUT2D eigenvalue weighted by Crippen LogP contribution is 2.25. The number of ketones is 1. The first kappa shape index (κ1) is 13.3. The van der Waals surface area contributed by atoms with Gasteiger partial charge in [-0.25, -0.2) is 0 Å². The second-order valence-electron chi connectivity index (χ2n) is 3.82. The van der Waals surface area contributed by atoms with Crippen LogP contribution >= 0.6 is 31.9 Å². The van der Waals surface area contributed by atoms with Crippen molar-refractivity contribution in [1.82, 2.24) is 4.98 Å². The van der Waals surface area contributed by atoms with E-state index >= 15 is 0 Å². The first-order valence-corrected chi connectivity index (χ1v) is 6.86. The SMILES string of the molecule is O=C(O)CC(Br)C(=O)c1c[nH]c2ccc(Br)cc12. The summed E-state index contributed by atoms with van der Waals surface area (Å²) in [5.41, 5.74) is 1.34. The van der Waals surface area contributed by atoms with Crippen molar-refractivity contribution in [1.29, 1.82) is 0 Å². The van der Waals surface area contributed by atoms with Gasteiger partial charge in [0, 0.05) is 27.1 Å². The number of benzene rings is 1. The molecule has 2 rings (SSSR count). The molecule has 1 aromatic heterocycles. The number of carboxylic acid groups (broad SMARTS) is 1. The highest BCUT2D eigenvalue weighted by molar-refractivity contribution is 9.10. The van der Waals surface area contributed by atoms with E-state index in [2.05, 4.69) is 36.8 Å². The molecule has 0 aliphatic rings. The van der Waals surface area contributed by atoms with Crippen LogP contribution in [0.3, 0.4) is 0 Å². The Morgan fingerprint density at radius 3 is 2.78 bits per heavy atom. The minimum Gasteiger partial charge on any atom is -0.481 e. The Morgan fingerprint density at radius 2 is 2.11 bits per heavy atom. The summed E-state index contributed by atoms with van der Waals surface area (Å²) < 4.78 is 0.869. The quantitative estimate of drug-likeness (QED) is 0.636. The number of carbonyl (C=O) groups is 2.